The van der Waals surface area contributed by atoms with Crippen LogP contribution >= 0.6 is 0 Å². The molecule has 0 bridgehead atoms. The van der Waals surface area contributed by atoms with E-state index in [1.54, 1.807) is 5.01 Å². The van der Waals surface area contributed by atoms with Crippen molar-refractivity contribution < 1.29 is 4.79 Å². The van der Waals surface area contributed by atoms with Crippen LogP contribution in [0.5, 0.6) is 0 Å². The van der Waals surface area contributed by atoms with Crippen LogP contribution < -0.4 is 5.43 Å². The molecule has 3 nitrogen and oxygen atoms in total. The Kier molecular flexibility index (Phi) is 2.87. The Bertz CT molecular complexity index is 211. The maximum Gasteiger partial charge on any atom is 0.244 e. The molecule has 0 aromatic carbocycles. The van der Waals surface area contributed by atoms with Crippen molar-refractivity contribution in [3.63, 3.8) is 0 Å². The Balaban J connectivity index is 2.74. The highest BCUT2D eigenvalue weighted by molar-refractivity contribution is 5.83. The number of nitrogens with zero attached hydrogens (tertiary/aromatic N) is 1. The van der Waals surface area contributed by atoms with Gasteiger partial charge in [0.15, 0.2) is 0 Å². The quantitative estimate of drug-likeness (QED) is 0.673. The molecular weight excluding hydrogens is 152 g/mol. The molecule has 1 saturated heterocycles. The summed E-state index contributed by atoms with van der Waals surface area (Å²) in [5, 5.41) is 1.67. The third-order valence-electron chi connectivity index (χ3n) is 2.09. The maximum atomic E-state index is 11.5. The number of amides is 1. The van der Waals surface area contributed by atoms with E-state index in [0.717, 1.165) is 18.7 Å². The molecule has 1 unspecified atom stereocenters. The van der Waals surface area contributed by atoms with Crippen LogP contribution in [0.1, 0.15) is 27.2 Å². The van der Waals surface area contributed by atoms with Crippen LogP contribution in [0.4, 0.5) is 0 Å². The van der Waals surface area contributed by atoms with Gasteiger partial charge in [-0.1, -0.05) is 19.9 Å². The minimum atomic E-state index is 0.134. The highest BCUT2D eigenvalue weighted by Crippen LogP contribution is 2.25. The smallest absolute Gasteiger partial charge is 0.244 e. The van der Waals surface area contributed by atoms with E-state index < -0.39 is 0 Å². The van der Waals surface area contributed by atoms with Gasteiger partial charge in [-0.15, -0.1) is 0 Å². The van der Waals surface area contributed by atoms with Crippen molar-refractivity contribution in [3.8, 4) is 0 Å². The van der Waals surface area contributed by atoms with E-state index in [1.165, 1.54) is 0 Å². The van der Waals surface area contributed by atoms with Crippen molar-refractivity contribution in [2.75, 3.05) is 6.54 Å². The summed E-state index contributed by atoms with van der Waals surface area (Å²) in [6.45, 7) is 6.70. The fourth-order valence-corrected chi connectivity index (χ4v) is 1.44. The molecule has 12 heavy (non-hydrogen) atoms. The van der Waals surface area contributed by atoms with Gasteiger partial charge in [0.1, 0.15) is 0 Å². The fraction of sp³-hybridized carbons (Fsp3) is 0.667. The van der Waals surface area contributed by atoms with Crippen molar-refractivity contribution in [1.29, 1.82) is 0 Å². The van der Waals surface area contributed by atoms with Gasteiger partial charge in [0, 0.05) is 24.6 Å². The summed E-state index contributed by atoms with van der Waals surface area (Å²) >= 11 is 0. The predicted molar refractivity (Wildman–Crippen MR) is 48.1 cm³/mol. The molecule has 1 N–H and O–H groups in total. The minimum Gasteiger partial charge on any atom is -0.273 e. The summed E-state index contributed by atoms with van der Waals surface area (Å²) in [4.78, 5) is 11.5. The SMILES string of the molecule is C/C=C1/CC(C)C(=O)N1NCC. The van der Waals surface area contributed by atoms with E-state index in [9.17, 15) is 4.79 Å². The van der Waals surface area contributed by atoms with E-state index in [4.69, 9.17) is 0 Å². The number of hydrogen-bond acceptors (Lipinski definition) is 2. The van der Waals surface area contributed by atoms with Gasteiger partial charge in [-0.3, -0.25) is 4.79 Å². The van der Waals surface area contributed by atoms with Gasteiger partial charge >= 0.3 is 0 Å². The minimum absolute atomic E-state index is 0.134. The highest BCUT2D eigenvalue weighted by atomic mass is 16.2. The van der Waals surface area contributed by atoms with Gasteiger partial charge in [0.2, 0.25) is 5.91 Å². The van der Waals surface area contributed by atoms with E-state index >= 15 is 0 Å². The molecule has 0 spiro atoms. The second-order valence-electron chi connectivity index (χ2n) is 3.07. The average molecular weight is 168 g/mol. The summed E-state index contributed by atoms with van der Waals surface area (Å²) in [5.74, 6) is 0.320. The third kappa shape index (κ3) is 1.50. The van der Waals surface area contributed by atoms with Crippen LogP contribution in [0.2, 0.25) is 0 Å². The number of hydrogen-bond donors (Lipinski definition) is 1. The molecule has 1 atom stereocenters. The molecule has 0 radical (unpaired) electrons. The average Bonchev–Trinajstić information content (AvgIpc) is 2.33. The molecule has 68 valence electrons. The Morgan fingerprint density at radius 3 is 2.92 bits per heavy atom. The standard InChI is InChI=1S/C9H16N2O/c1-4-8-6-7(3)9(12)11(8)10-5-2/h4,7,10H,5-6H2,1-3H3/b8-4-. The van der Waals surface area contributed by atoms with Gasteiger partial charge in [-0.05, 0) is 6.92 Å². The number of carbonyl (C=O) groups excluding carboxylic acids is 1. The monoisotopic (exact) mass is 168 g/mol. The summed E-state index contributed by atoms with van der Waals surface area (Å²) in [5.41, 5.74) is 4.13. The third-order valence-corrected chi connectivity index (χ3v) is 2.09. The van der Waals surface area contributed by atoms with Crippen molar-refractivity contribution in [3.05, 3.63) is 11.8 Å². The molecule has 0 aromatic rings. The lowest BCUT2D eigenvalue weighted by molar-refractivity contribution is -0.132. The summed E-state index contributed by atoms with van der Waals surface area (Å²) in [6, 6.07) is 0. The zero-order chi connectivity index (χ0) is 9.14. The van der Waals surface area contributed by atoms with Gasteiger partial charge in [0.25, 0.3) is 0 Å². The molecule has 1 heterocycles. The Labute approximate surface area is 73.4 Å². The van der Waals surface area contributed by atoms with Crippen LogP contribution in [0.15, 0.2) is 11.8 Å². The molecule has 1 amide bonds. The van der Waals surface area contributed by atoms with Crippen LogP contribution in [0, 0.1) is 5.92 Å². The molecule has 3 heteroatoms. The largest absolute Gasteiger partial charge is 0.273 e. The summed E-state index contributed by atoms with van der Waals surface area (Å²) in [7, 11) is 0. The fourth-order valence-electron chi connectivity index (χ4n) is 1.44. The first kappa shape index (κ1) is 9.26. The van der Waals surface area contributed by atoms with E-state index in [0.29, 0.717) is 0 Å². The first-order valence-corrected chi connectivity index (χ1v) is 4.43. The van der Waals surface area contributed by atoms with E-state index in [1.807, 2.05) is 26.8 Å². The maximum absolute atomic E-state index is 11.5. The second kappa shape index (κ2) is 3.72. The summed E-state index contributed by atoms with van der Waals surface area (Å²) < 4.78 is 0. The molecule has 1 aliphatic rings. The van der Waals surface area contributed by atoms with Crippen molar-refractivity contribution >= 4 is 5.91 Å². The van der Waals surface area contributed by atoms with Crippen LogP contribution in [-0.4, -0.2) is 17.5 Å². The molecule has 1 fully saturated rings. The van der Waals surface area contributed by atoms with Gasteiger partial charge in [0.05, 0.1) is 0 Å². The topological polar surface area (TPSA) is 32.3 Å². The number of rotatable bonds is 2. The van der Waals surface area contributed by atoms with E-state index in [-0.39, 0.29) is 11.8 Å². The first-order valence-electron chi connectivity index (χ1n) is 4.43. The molecule has 0 saturated carbocycles. The zero-order valence-electron chi connectivity index (χ0n) is 7.92. The molecule has 0 aliphatic carbocycles. The van der Waals surface area contributed by atoms with Gasteiger partial charge < -0.3 is 0 Å². The van der Waals surface area contributed by atoms with Crippen LogP contribution in [0.3, 0.4) is 0 Å². The number of carbonyl (C=O) groups is 1. The van der Waals surface area contributed by atoms with Crippen molar-refractivity contribution in [1.82, 2.24) is 10.4 Å². The molecule has 1 rings (SSSR count). The van der Waals surface area contributed by atoms with Crippen LogP contribution in [-0.2, 0) is 4.79 Å². The highest BCUT2D eigenvalue weighted by Gasteiger charge is 2.31. The lowest BCUT2D eigenvalue weighted by Gasteiger charge is -2.17. The van der Waals surface area contributed by atoms with Crippen LogP contribution in [0.25, 0.3) is 0 Å². The normalized spacial score (nSPS) is 27.2. The van der Waals surface area contributed by atoms with Crippen molar-refractivity contribution in [2.45, 2.75) is 27.2 Å². The Morgan fingerprint density at radius 1 is 1.75 bits per heavy atom. The molecule has 1 aliphatic heterocycles. The lowest BCUT2D eigenvalue weighted by atomic mass is 10.1. The number of allylic oxidation sites excluding steroid dienone is 2. The number of nitrogens with one attached hydrogen (secondary N) is 1. The Morgan fingerprint density at radius 2 is 2.42 bits per heavy atom. The molecular formula is C9H16N2O. The predicted octanol–water partition coefficient (Wildman–Crippen LogP) is 1.28. The van der Waals surface area contributed by atoms with Gasteiger partial charge in [-0.2, -0.15) is 0 Å². The first-order chi connectivity index (χ1) is 5.70. The second-order valence-corrected chi connectivity index (χ2v) is 3.07. The van der Waals surface area contributed by atoms with E-state index in [2.05, 4.69) is 5.43 Å². The van der Waals surface area contributed by atoms with Crippen molar-refractivity contribution in [2.24, 2.45) is 5.92 Å². The zero-order valence-corrected chi connectivity index (χ0v) is 7.92. The summed E-state index contributed by atoms with van der Waals surface area (Å²) in [6.07, 6.45) is 2.85. The molecule has 0 aromatic heterocycles. The van der Waals surface area contributed by atoms with Gasteiger partial charge in [-0.25, -0.2) is 10.4 Å². The Hall–Kier alpha value is -0.830. The lowest BCUT2D eigenvalue weighted by Crippen LogP contribution is -2.38. The number of hydrazine groups is 1.